The molecule has 23 heavy (non-hydrogen) atoms. The summed E-state index contributed by atoms with van der Waals surface area (Å²) in [7, 11) is 0. The first-order chi connectivity index (χ1) is 11.1. The van der Waals surface area contributed by atoms with Crippen molar-refractivity contribution in [2.75, 3.05) is 6.61 Å². The molecular weight excluding hydrogens is 290 g/mol. The van der Waals surface area contributed by atoms with Crippen molar-refractivity contribution < 1.29 is 14.6 Å². The molecule has 0 aliphatic heterocycles. The number of aliphatic hydroxyl groups excluding tert-OH is 1. The smallest absolute Gasteiger partial charge is 0.258 e. The first-order valence-corrected chi connectivity index (χ1v) is 7.77. The summed E-state index contributed by atoms with van der Waals surface area (Å²) >= 11 is 0. The molecule has 0 aromatic heterocycles. The van der Waals surface area contributed by atoms with Crippen LogP contribution >= 0.6 is 0 Å². The Labute approximate surface area is 137 Å². The fraction of sp³-hybridized carbons (Fsp3) is 0.316. The third-order valence-electron chi connectivity index (χ3n) is 3.59. The summed E-state index contributed by atoms with van der Waals surface area (Å²) in [5, 5.41) is 12.1. The Hall–Kier alpha value is -2.33. The highest BCUT2D eigenvalue weighted by Gasteiger charge is 2.18. The number of aliphatic hydroxyl groups is 1. The van der Waals surface area contributed by atoms with E-state index < -0.39 is 0 Å². The van der Waals surface area contributed by atoms with E-state index in [1.54, 1.807) is 24.3 Å². The van der Waals surface area contributed by atoms with Crippen LogP contribution in [0.25, 0.3) is 0 Å². The van der Waals surface area contributed by atoms with Crippen LogP contribution < -0.4 is 10.1 Å². The molecule has 0 heterocycles. The van der Waals surface area contributed by atoms with E-state index >= 15 is 0 Å². The van der Waals surface area contributed by atoms with Gasteiger partial charge in [-0.2, -0.15) is 0 Å². The molecule has 0 aliphatic carbocycles. The average molecular weight is 313 g/mol. The highest BCUT2D eigenvalue weighted by Crippen LogP contribution is 2.21. The van der Waals surface area contributed by atoms with Crippen LogP contribution in [0.3, 0.4) is 0 Å². The summed E-state index contributed by atoms with van der Waals surface area (Å²) in [5.74, 6) is 0.688. The molecule has 2 aromatic rings. The second-order valence-corrected chi connectivity index (χ2v) is 5.79. The number of rotatable bonds is 7. The van der Waals surface area contributed by atoms with Gasteiger partial charge in [0.05, 0.1) is 12.6 Å². The van der Waals surface area contributed by atoms with Crippen molar-refractivity contribution in [1.29, 1.82) is 0 Å². The molecule has 1 unspecified atom stereocenters. The lowest BCUT2D eigenvalue weighted by Gasteiger charge is -2.23. The van der Waals surface area contributed by atoms with Crippen LogP contribution in [0.2, 0.25) is 0 Å². The van der Waals surface area contributed by atoms with E-state index in [0.29, 0.717) is 5.75 Å². The lowest BCUT2D eigenvalue weighted by molar-refractivity contribution is -0.124. The molecule has 4 heteroatoms. The molecule has 1 atom stereocenters. The predicted octanol–water partition coefficient (Wildman–Crippen LogP) is 3.07. The first-order valence-electron chi connectivity index (χ1n) is 7.77. The Morgan fingerprint density at radius 1 is 1.13 bits per heavy atom. The Balaban J connectivity index is 1.94. The van der Waals surface area contributed by atoms with E-state index in [1.807, 2.05) is 30.3 Å². The Morgan fingerprint density at radius 2 is 1.87 bits per heavy atom. The topological polar surface area (TPSA) is 58.6 Å². The summed E-state index contributed by atoms with van der Waals surface area (Å²) in [4.78, 5) is 12.2. The van der Waals surface area contributed by atoms with Gasteiger partial charge in [-0.25, -0.2) is 0 Å². The van der Waals surface area contributed by atoms with E-state index in [9.17, 15) is 4.79 Å². The third-order valence-corrected chi connectivity index (χ3v) is 3.59. The average Bonchev–Trinajstić information content (AvgIpc) is 2.58. The van der Waals surface area contributed by atoms with Crippen LogP contribution in [-0.2, 0) is 11.4 Å². The van der Waals surface area contributed by atoms with Gasteiger partial charge in [0.25, 0.3) is 5.91 Å². The van der Waals surface area contributed by atoms with Crippen molar-refractivity contribution in [3.63, 3.8) is 0 Å². The molecule has 0 spiro atoms. The number of hydrogen-bond donors (Lipinski definition) is 2. The van der Waals surface area contributed by atoms with Crippen molar-refractivity contribution in [2.24, 2.45) is 5.92 Å². The molecule has 2 N–H and O–H groups in total. The van der Waals surface area contributed by atoms with Crippen LogP contribution in [0.15, 0.2) is 54.6 Å². The van der Waals surface area contributed by atoms with Crippen LogP contribution in [-0.4, -0.2) is 17.6 Å². The number of benzene rings is 2. The molecule has 0 saturated carbocycles. The molecule has 0 saturated heterocycles. The van der Waals surface area contributed by atoms with E-state index in [1.165, 1.54) is 0 Å². The van der Waals surface area contributed by atoms with Crippen molar-refractivity contribution in [1.82, 2.24) is 5.32 Å². The van der Waals surface area contributed by atoms with Crippen molar-refractivity contribution in [2.45, 2.75) is 26.5 Å². The van der Waals surface area contributed by atoms with E-state index in [0.717, 1.165) is 11.1 Å². The normalized spacial score (nSPS) is 12.0. The lowest BCUT2D eigenvalue weighted by Crippen LogP contribution is -2.35. The van der Waals surface area contributed by atoms with Crippen molar-refractivity contribution >= 4 is 5.91 Å². The third kappa shape index (κ3) is 5.11. The van der Waals surface area contributed by atoms with Gasteiger partial charge in [-0.05, 0) is 29.2 Å². The van der Waals surface area contributed by atoms with Crippen molar-refractivity contribution in [3.05, 3.63) is 65.7 Å². The zero-order valence-corrected chi connectivity index (χ0v) is 13.5. The van der Waals surface area contributed by atoms with Crippen molar-refractivity contribution in [3.8, 4) is 5.75 Å². The van der Waals surface area contributed by atoms with Crippen LogP contribution in [0.5, 0.6) is 5.75 Å². The second kappa shape index (κ2) is 8.34. The molecule has 122 valence electrons. The Kier molecular flexibility index (Phi) is 6.18. The summed E-state index contributed by atoms with van der Waals surface area (Å²) in [6, 6.07) is 17.0. The Morgan fingerprint density at radius 3 is 2.52 bits per heavy atom. The number of hydrogen-bond acceptors (Lipinski definition) is 3. The van der Waals surface area contributed by atoms with Gasteiger partial charge >= 0.3 is 0 Å². The lowest BCUT2D eigenvalue weighted by atomic mass is 9.96. The fourth-order valence-corrected chi connectivity index (χ4v) is 2.39. The maximum atomic E-state index is 12.2. The van der Waals surface area contributed by atoms with Crippen LogP contribution in [0.1, 0.15) is 31.0 Å². The van der Waals surface area contributed by atoms with Gasteiger partial charge < -0.3 is 15.2 Å². The van der Waals surface area contributed by atoms with Gasteiger partial charge in [-0.15, -0.1) is 0 Å². The SMILES string of the molecule is CC(C)C(NC(=O)COc1cccc(CO)c1)c1ccccc1. The highest BCUT2D eigenvalue weighted by molar-refractivity contribution is 5.78. The van der Waals surface area contributed by atoms with Gasteiger partial charge in [0.1, 0.15) is 5.75 Å². The molecule has 1 amide bonds. The predicted molar refractivity (Wildman–Crippen MR) is 90.0 cm³/mol. The molecule has 0 bridgehead atoms. The van der Waals surface area contributed by atoms with Crippen LogP contribution in [0, 0.1) is 5.92 Å². The van der Waals surface area contributed by atoms with Gasteiger partial charge in [0.15, 0.2) is 6.61 Å². The second-order valence-electron chi connectivity index (χ2n) is 5.79. The maximum absolute atomic E-state index is 12.2. The monoisotopic (exact) mass is 313 g/mol. The zero-order valence-electron chi connectivity index (χ0n) is 13.5. The number of carbonyl (C=O) groups is 1. The van der Waals surface area contributed by atoms with E-state index in [-0.39, 0.29) is 31.1 Å². The van der Waals surface area contributed by atoms with E-state index in [2.05, 4.69) is 19.2 Å². The quantitative estimate of drug-likeness (QED) is 0.826. The van der Waals surface area contributed by atoms with E-state index in [4.69, 9.17) is 9.84 Å². The summed E-state index contributed by atoms with van der Waals surface area (Å²) in [5.41, 5.74) is 1.84. The van der Waals surface area contributed by atoms with Crippen LogP contribution in [0.4, 0.5) is 0 Å². The summed E-state index contributed by atoms with van der Waals surface area (Å²) in [6.07, 6.45) is 0. The van der Waals surface area contributed by atoms with Gasteiger partial charge in [0.2, 0.25) is 0 Å². The molecule has 0 fully saturated rings. The minimum Gasteiger partial charge on any atom is -0.484 e. The minimum absolute atomic E-state index is 0.0453. The molecular formula is C19H23NO3. The number of carbonyl (C=O) groups excluding carboxylic acids is 1. The number of amides is 1. The largest absolute Gasteiger partial charge is 0.484 e. The van der Waals surface area contributed by atoms with Gasteiger partial charge in [-0.1, -0.05) is 56.3 Å². The Bertz CT molecular complexity index is 626. The molecule has 2 aromatic carbocycles. The molecule has 2 rings (SSSR count). The highest BCUT2D eigenvalue weighted by atomic mass is 16.5. The minimum atomic E-state index is -0.165. The summed E-state index contributed by atoms with van der Waals surface area (Å²) < 4.78 is 5.50. The molecule has 0 aliphatic rings. The standard InChI is InChI=1S/C19H23NO3/c1-14(2)19(16-8-4-3-5-9-16)20-18(22)13-23-17-10-6-7-15(11-17)12-21/h3-11,14,19,21H,12-13H2,1-2H3,(H,20,22). The first kappa shape index (κ1) is 17.0. The number of ether oxygens (including phenoxy) is 1. The van der Waals surface area contributed by atoms with Gasteiger partial charge in [0, 0.05) is 0 Å². The fourth-order valence-electron chi connectivity index (χ4n) is 2.39. The van der Waals surface area contributed by atoms with Gasteiger partial charge in [-0.3, -0.25) is 4.79 Å². The zero-order chi connectivity index (χ0) is 16.7. The molecule has 4 nitrogen and oxygen atoms in total. The maximum Gasteiger partial charge on any atom is 0.258 e. The number of nitrogens with one attached hydrogen (secondary N) is 1. The summed E-state index contributed by atoms with van der Waals surface area (Å²) in [6.45, 7) is 4.05. The molecule has 0 radical (unpaired) electrons.